The van der Waals surface area contributed by atoms with Gasteiger partial charge in [-0.1, -0.05) is 0 Å². The molecule has 1 atom stereocenters. The second-order valence-electron chi connectivity index (χ2n) is 6.69. The number of aryl methyl sites for hydroxylation is 1. The SMILES string of the molecule is Cc1cc(C(N)=O)cc2nc(N)n(C(C)NC(=O)OC(C)(C)C)c12. The molecule has 0 spiro atoms. The number of rotatable bonds is 3. The van der Waals surface area contributed by atoms with Crippen LogP contribution in [0.5, 0.6) is 0 Å². The third-order valence-corrected chi connectivity index (χ3v) is 3.40. The van der Waals surface area contributed by atoms with Gasteiger partial charge < -0.3 is 21.5 Å². The van der Waals surface area contributed by atoms with Crippen LogP contribution in [0, 0.1) is 6.92 Å². The van der Waals surface area contributed by atoms with Crippen molar-refractivity contribution in [2.24, 2.45) is 5.73 Å². The second-order valence-corrected chi connectivity index (χ2v) is 6.69. The van der Waals surface area contributed by atoms with Crippen LogP contribution in [-0.2, 0) is 4.74 Å². The van der Waals surface area contributed by atoms with E-state index in [0.717, 1.165) is 11.1 Å². The maximum Gasteiger partial charge on any atom is 0.409 e. The topological polar surface area (TPSA) is 125 Å². The Morgan fingerprint density at radius 2 is 1.96 bits per heavy atom. The van der Waals surface area contributed by atoms with Crippen molar-refractivity contribution in [3.8, 4) is 0 Å². The number of nitrogens with zero attached hydrogens (tertiary/aromatic N) is 2. The summed E-state index contributed by atoms with van der Waals surface area (Å²) < 4.78 is 6.93. The van der Waals surface area contributed by atoms with Crippen molar-refractivity contribution in [2.75, 3.05) is 5.73 Å². The highest BCUT2D eigenvalue weighted by Crippen LogP contribution is 2.26. The Labute approximate surface area is 140 Å². The molecule has 5 N–H and O–H groups in total. The molecule has 0 bridgehead atoms. The van der Waals surface area contributed by atoms with E-state index in [2.05, 4.69) is 10.3 Å². The predicted octanol–water partition coefficient (Wildman–Crippen LogP) is 2.07. The van der Waals surface area contributed by atoms with Crippen molar-refractivity contribution in [1.29, 1.82) is 0 Å². The number of anilines is 1. The first kappa shape index (κ1) is 17.6. The van der Waals surface area contributed by atoms with Crippen LogP contribution in [0.15, 0.2) is 12.1 Å². The molecule has 1 aromatic heterocycles. The number of imidazole rings is 1. The summed E-state index contributed by atoms with van der Waals surface area (Å²) in [6, 6.07) is 3.25. The zero-order chi connectivity index (χ0) is 18.2. The lowest BCUT2D eigenvalue weighted by Crippen LogP contribution is -2.36. The Bertz CT molecular complexity index is 804. The van der Waals surface area contributed by atoms with E-state index in [1.165, 1.54) is 0 Å². The Balaban J connectivity index is 2.40. The highest BCUT2D eigenvalue weighted by atomic mass is 16.6. The minimum atomic E-state index is -0.599. The maximum absolute atomic E-state index is 12.0. The first-order valence-electron chi connectivity index (χ1n) is 7.57. The quantitative estimate of drug-likeness (QED) is 0.793. The summed E-state index contributed by atoms with van der Waals surface area (Å²) in [7, 11) is 0. The minimum absolute atomic E-state index is 0.221. The molecule has 2 rings (SSSR count). The monoisotopic (exact) mass is 333 g/mol. The van der Waals surface area contributed by atoms with Crippen molar-refractivity contribution < 1.29 is 14.3 Å². The fraction of sp³-hybridized carbons (Fsp3) is 0.438. The third kappa shape index (κ3) is 3.58. The first-order chi connectivity index (χ1) is 11.0. The summed E-state index contributed by atoms with van der Waals surface area (Å²) >= 11 is 0. The van der Waals surface area contributed by atoms with Gasteiger partial charge in [-0.3, -0.25) is 9.36 Å². The molecule has 1 unspecified atom stereocenters. The number of carbonyl (C=O) groups is 2. The average Bonchev–Trinajstić information content (AvgIpc) is 2.72. The molecule has 8 nitrogen and oxygen atoms in total. The highest BCUT2D eigenvalue weighted by molar-refractivity contribution is 5.97. The molecule has 2 amide bonds. The number of nitrogens with two attached hydrogens (primary N) is 2. The van der Waals surface area contributed by atoms with Gasteiger partial charge >= 0.3 is 6.09 Å². The average molecular weight is 333 g/mol. The Kier molecular flexibility index (Phi) is 4.42. The fourth-order valence-corrected chi connectivity index (χ4v) is 2.53. The highest BCUT2D eigenvalue weighted by Gasteiger charge is 2.22. The number of nitrogen functional groups attached to an aromatic ring is 1. The van der Waals surface area contributed by atoms with Crippen LogP contribution in [0.3, 0.4) is 0 Å². The zero-order valence-corrected chi connectivity index (χ0v) is 14.5. The third-order valence-electron chi connectivity index (χ3n) is 3.40. The summed E-state index contributed by atoms with van der Waals surface area (Å²) in [6.07, 6.45) is -1.04. The molecule has 0 fully saturated rings. The molecule has 0 saturated carbocycles. The number of carbonyl (C=O) groups excluding carboxylic acids is 2. The summed E-state index contributed by atoms with van der Waals surface area (Å²) in [4.78, 5) is 27.6. The van der Waals surface area contributed by atoms with Crippen molar-refractivity contribution in [3.05, 3.63) is 23.3 Å². The summed E-state index contributed by atoms with van der Waals surface area (Å²) in [6.45, 7) is 8.95. The molecule has 0 saturated heterocycles. The van der Waals surface area contributed by atoms with E-state index in [-0.39, 0.29) is 5.95 Å². The number of alkyl carbamates (subject to hydrolysis) is 1. The number of hydrogen-bond acceptors (Lipinski definition) is 5. The predicted molar refractivity (Wildman–Crippen MR) is 91.5 cm³/mol. The van der Waals surface area contributed by atoms with Gasteiger partial charge in [-0.25, -0.2) is 9.78 Å². The molecule has 0 aliphatic heterocycles. The number of benzene rings is 1. The van der Waals surface area contributed by atoms with E-state index in [1.54, 1.807) is 44.4 Å². The standard InChI is InChI=1S/C16H23N5O3/c1-8-6-10(13(17)22)7-11-12(8)21(14(18)20-11)9(2)19-15(23)24-16(3,4)5/h6-7,9H,1-5H3,(H2,17,22)(H2,18,20)(H,19,23). The lowest BCUT2D eigenvalue weighted by Gasteiger charge is -2.23. The maximum atomic E-state index is 12.0. The number of nitrogens with one attached hydrogen (secondary N) is 1. The normalized spacial score (nSPS) is 12.9. The molecule has 1 aromatic carbocycles. The second kappa shape index (κ2) is 6.03. The van der Waals surface area contributed by atoms with Crippen LogP contribution in [0.25, 0.3) is 11.0 Å². The Morgan fingerprint density at radius 3 is 2.50 bits per heavy atom. The van der Waals surface area contributed by atoms with Crippen LogP contribution in [0.1, 0.15) is 49.8 Å². The summed E-state index contributed by atoms with van der Waals surface area (Å²) in [5, 5.41) is 2.73. The van der Waals surface area contributed by atoms with Gasteiger partial charge in [0.2, 0.25) is 11.9 Å². The molecular formula is C16H23N5O3. The lowest BCUT2D eigenvalue weighted by molar-refractivity contribution is 0.0490. The number of primary amides is 1. The van der Waals surface area contributed by atoms with Crippen molar-refractivity contribution in [1.82, 2.24) is 14.9 Å². The molecular weight excluding hydrogens is 310 g/mol. The molecule has 24 heavy (non-hydrogen) atoms. The van der Waals surface area contributed by atoms with Crippen LogP contribution in [0.4, 0.5) is 10.7 Å². The Morgan fingerprint density at radius 1 is 1.33 bits per heavy atom. The van der Waals surface area contributed by atoms with Crippen LogP contribution in [0.2, 0.25) is 0 Å². The lowest BCUT2D eigenvalue weighted by atomic mass is 10.1. The fourth-order valence-electron chi connectivity index (χ4n) is 2.53. The molecule has 2 aromatic rings. The van der Waals surface area contributed by atoms with Gasteiger partial charge in [0, 0.05) is 5.56 Å². The van der Waals surface area contributed by atoms with E-state index < -0.39 is 23.8 Å². The smallest absolute Gasteiger partial charge is 0.409 e. The molecule has 8 heteroatoms. The van der Waals surface area contributed by atoms with E-state index in [4.69, 9.17) is 16.2 Å². The molecule has 1 heterocycles. The van der Waals surface area contributed by atoms with Gasteiger partial charge in [0.05, 0.1) is 11.0 Å². The van der Waals surface area contributed by atoms with Gasteiger partial charge in [0.15, 0.2) is 0 Å². The molecule has 0 radical (unpaired) electrons. The number of hydrogen-bond donors (Lipinski definition) is 3. The summed E-state index contributed by atoms with van der Waals surface area (Å²) in [5.41, 5.74) is 13.1. The van der Waals surface area contributed by atoms with Crippen LogP contribution in [-0.4, -0.2) is 27.2 Å². The zero-order valence-electron chi connectivity index (χ0n) is 14.5. The van der Waals surface area contributed by atoms with Crippen molar-refractivity contribution in [3.63, 3.8) is 0 Å². The summed E-state index contributed by atoms with van der Waals surface area (Å²) in [5.74, 6) is -0.314. The largest absolute Gasteiger partial charge is 0.444 e. The van der Waals surface area contributed by atoms with E-state index >= 15 is 0 Å². The number of amides is 2. The van der Waals surface area contributed by atoms with Crippen LogP contribution >= 0.6 is 0 Å². The van der Waals surface area contributed by atoms with E-state index in [9.17, 15) is 9.59 Å². The van der Waals surface area contributed by atoms with Crippen LogP contribution < -0.4 is 16.8 Å². The van der Waals surface area contributed by atoms with Gasteiger partial charge in [0.25, 0.3) is 0 Å². The minimum Gasteiger partial charge on any atom is -0.444 e. The number of fused-ring (bicyclic) bond motifs is 1. The molecule has 130 valence electrons. The number of ether oxygens (including phenoxy) is 1. The van der Waals surface area contributed by atoms with Crippen molar-refractivity contribution >= 4 is 29.0 Å². The van der Waals surface area contributed by atoms with E-state index in [0.29, 0.717) is 11.1 Å². The molecule has 0 aliphatic rings. The van der Waals surface area contributed by atoms with E-state index in [1.807, 2.05) is 6.92 Å². The van der Waals surface area contributed by atoms with Gasteiger partial charge in [0.1, 0.15) is 11.8 Å². The molecule has 0 aliphatic carbocycles. The van der Waals surface area contributed by atoms with Gasteiger partial charge in [-0.2, -0.15) is 0 Å². The Hall–Kier alpha value is -2.77. The van der Waals surface area contributed by atoms with Gasteiger partial charge in [-0.05, 0) is 52.3 Å². The number of aromatic nitrogens is 2. The van der Waals surface area contributed by atoms with Gasteiger partial charge in [-0.15, -0.1) is 0 Å². The first-order valence-corrected chi connectivity index (χ1v) is 7.57. The van der Waals surface area contributed by atoms with Crippen molar-refractivity contribution in [2.45, 2.75) is 46.4 Å².